The van der Waals surface area contributed by atoms with Crippen molar-refractivity contribution in [3.63, 3.8) is 0 Å². The molecular formula is C10H6F5NO4. The Kier molecular flexibility index (Phi) is 4.26. The summed E-state index contributed by atoms with van der Waals surface area (Å²) in [7, 11) is 0. The summed E-state index contributed by atoms with van der Waals surface area (Å²) in [6.07, 6.45) is -5.27. The third-order valence-electron chi connectivity index (χ3n) is 2.19. The van der Waals surface area contributed by atoms with Gasteiger partial charge in [0.15, 0.2) is 5.78 Å². The fraction of sp³-hybridized carbons (Fsp3) is 0.300. The van der Waals surface area contributed by atoms with Crippen molar-refractivity contribution < 1.29 is 36.4 Å². The topological polar surface area (TPSA) is 69.4 Å². The number of carbonyl (C=O) groups excluding carboxylic acids is 1. The number of nitro benzene ring substituents is 1. The number of benzene rings is 1. The van der Waals surface area contributed by atoms with Crippen LogP contribution in [0.25, 0.3) is 0 Å². The summed E-state index contributed by atoms with van der Waals surface area (Å²) in [6, 6.07) is 0.878. The van der Waals surface area contributed by atoms with Gasteiger partial charge in [0.05, 0.1) is 10.5 Å². The summed E-state index contributed by atoms with van der Waals surface area (Å²) in [4.78, 5) is 20.5. The Bertz CT molecular complexity index is 555. The fourth-order valence-electron chi connectivity index (χ4n) is 1.56. The van der Waals surface area contributed by atoms with Crippen LogP contribution in [-0.4, -0.2) is 17.3 Å². The van der Waals surface area contributed by atoms with Crippen LogP contribution in [0.4, 0.5) is 27.6 Å². The van der Waals surface area contributed by atoms with Crippen molar-refractivity contribution in [3.8, 4) is 5.75 Å². The van der Waals surface area contributed by atoms with Gasteiger partial charge in [-0.25, -0.2) is 0 Å². The first-order valence-electron chi connectivity index (χ1n) is 4.90. The number of Topliss-reactive ketones (excluding diaryl/α,β-unsaturated/α-hetero) is 1. The molecule has 0 bridgehead atoms. The van der Waals surface area contributed by atoms with Crippen LogP contribution >= 0.6 is 0 Å². The van der Waals surface area contributed by atoms with Gasteiger partial charge in [0.25, 0.3) is 5.69 Å². The Labute approximate surface area is 108 Å². The third-order valence-corrected chi connectivity index (χ3v) is 2.19. The number of halogens is 5. The second kappa shape index (κ2) is 5.39. The maximum atomic E-state index is 12.8. The molecular weight excluding hydrogens is 293 g/mol. The summed E-state index contributed by atoms with van der Waals surface area (Å²) in [5.41, 5.74) is -4.62. The average Bonchev–Trinajstić information content (AvgIpc) is 2.25. The number of hydrogen-bond acceptors (Lipinski definition) is 4. The Balaban J connectivity index is 3.71. The van der Waals surface area contributed by atoms with Crippen LogP contribution in [0.15, 0.2) is 12.1 Å². The molecule has 0 amide bonds. The van der Waals surface area contributed by atoms with Crippen LogP contribution in [0.3, 0.4) is 0 Å². The number of ether oxygens (including phenoxy) is 1. The van der Waals surface area contributed by atoms with E-state index >= 15 is 0 Å². The van der Waals surface area contributed by atoms with E-state index in [1.807, 2.05) is 0 Å². The molecule has 20 heavy (non-hydrogen) atoms. The molecule has 0 aromatic heterocycles. The van der Waals surface area contributed by atoms with E-state index in [1.165, 1.54) is 0 Å². The molecule has 0 fully saturated rings. The number of hydrogen-bond donors (Lipinski definition) is 0. The predicted octanol–water partition coefficient (Wildman–Crippen LogP) is 3.42. The SMILES string of the molecule is CC(=O)c1c(OC(F)F)ccc([N+](=O)[O-])c1C(F)(F)F. The van der Waals surface area contributed by atoms with Crippen LogP contribution in [0.1, 0.15) is 22.8 Å². The molecule has 1 rings (SSSR count). The highest BCUT2D eigenvalue weighted by atomic mass is 19.4. The van der Waals surface area contributed by atoms with E-state index in [-0.39, 0.29) is 0 Å². The Morgan fingerprint density at radius 1 is 1.35 bits per heavy atom. The summed E-state index contributed by atoms with van der Waals surface area (Å²) >= 11 is 0. The summed E-state index contributed by atoms with van der Waals surface area (Å²) in [5.74, 6) is -2.35. The molecule has 0 aliphatic carbocycles. The molecule has 1 aromatic rings. The molecule has 0 heterocycles. The zero-order valence-electron chi connectivity index (χ0n) is 9.70. The molecule has 0 atom stereocenters. The van der Waals surface area contributed by atoms with Gasteiger partial charge in [0.2, 0.25) is 0 Å². The molecule has 5 nitrogen and oxygen atoms in total. The molecule has 0 saturated heterocycles. The molecule has 0 saturated carbocycles. The van der Waals surface area contributed by atoms with Crippen molar-refractivity contribution in [1.82, 2.24) is 0 Å². The standard InChI is InChI=1S/C10H6F5NO4/c1-4(17)7-6(20-9(11)12)3-2-5(16(18)19)8(7)10(13,14)15/h2-3,9H,1H3. The smallest absolute Gasteiger partial charge is 0.423 e. The minimum atomic E-state index is -5.27. The van der Waals surface area contributed by atoms with E-state index < -0.39 is 46.1 Å². The van der Waals surface area contributed by atoms with Crippen LogP contribution < -0.4 is 4.74 Å². The van der Waals surface area contributed by atoms with Crippen molar-refractivity contribution in [2.75, 3.05) is 0 Å². The number of nitrogens with zero attached hydrogens (tertiary/aromatic N) is 1. The Hall–Kier alpha value is -2.26. The van der Waals surface area contributed by atoms with Crippen LogP contribution in [0.2, 0.25) is 0 Å². The molecule has 0 radical (unpaired) electrons. The summed E-state index contributed by atoms with van der Waals surface area (Å²) in [5, 5.41) is 10.6. The first kappa shape index (κ1) is 15.8. The van der Waals surface area contributed by atoms with Gasteiger partial charge in [-0.15, -0.1) is 0 Å². The van der Waals surface area contributed by atoms with Gasteiger partial charge in [-0.1, -0.05) is 0 Å². The first-order valence-corrected chi connectivity index (χ1v) is 4.90. The van der Waals surface area contributed by atoms with Crippen molar-refractivity contribution in [3.05, 3.63) is 33.4 Å². The number of alkyl halides is 5. The van der Waals surface area contributed by atoms with E-state index in [2.05, 4.69) is 4.74 Å². The monoisotopic (exact) mass is 299 g/mol. The van der Waals surface area contributed by atoms with Gasteiger partial charge in [0, 0.05) is 6.07 Å². The minimum Gasteiger partial charge on any atom is -0.434 e. The lowest BCUT2D eigenvalue weighted by Gasteiger charge is -2.15. The average molecular weight is 299 g/mol. The number of rotatable bonds is 4. The van der Waals surface area contributed by atoms with Crippen molar-refractivity contribution in [2.45, 2.75) is 19.7 Å². The van der Waals surface area contributed by atoms with Crippen LogP contribution in [0.5, 0.6) is 5.75 Å². The molecule has 1 aromatic carbocycles. The molecule has 0 aliphatic rings. The van der Waals surface area contributed by atoms with Gasteiger partial charge in [-0.2, -0.15) is 22.0 Å². The molecule has 0 unspecified atom stereocenters. The van der Waals surface area contributed by atoms with Gasteiger partial charge in [0.1, 0.15) is 11.3 Å². The predicted molar refractivity (Wildman–Crippen MR) is 54.7 cm³/mol. The van der Waals surface area contributed by atoms with E-state index in [0.29, 0.717) is 19.1 Å². The quantitative estimate of drug-likeness (QED) is 0.370. The van der Waals surface area contributed by atoms with Crippen molar-refractivity contribution in [1.29, 1.82) is 0 Å². The number of carbonyl (C=O) groups is 1. The molecule has 0 spiro atoms. The lowest BCUT2D eigenvalue weighted by atomic mass is 10.0. The molecule has 0 N–H and O–H groups in total. The number of ketones is 1. The van der Waals surface area contributed by atoms with E-state index in [1.54, 1.807) is 0 Å². The minimum absolute atomic E-state index is 0.354. The largest absolute Gasteiger partial charge is 0.434 e. The zero-order chi connectivity index (χ0) is 15.7. The molecule has 10 heteroatoms. The molecule has 110 valence electrons. The second-order valence-electron chi connectivity index (χ2n) is 3.52. The van der Waals surface area contributed by atoms with Crippen LogP contribution in [-0.2, 0) is 6.18 Å². The molecule has 0 aliphatic heterocycles. The van der Waals surface area contributed by atoms with Crippen molar-refractivity contribution >= 4 is 11.5 Å². The van der Waals surface area contributed by atoms with Crippen molar-refractivity contribution in [2.24, 2.45) is 0 Å². The van der Waals surface area contributed by atoms with E-state index in [9.17, 15) is 36.9 Å². The van der Waals surface area contributed by atoms with Gasteiger partial charge in [-0.3, -0.25) is 14.9 Å². The summed E-state index contributed by atoms with van der Waals surface area (Å²) < 4.78 is 66.5. The van der Waals surface area contributed by atoms with Gasteiger partial charge in [-0.05, 0) is 13.0 Å². The number of nitro groups is 1. The maximum absolute atomic E-state index is 12.8. The highest BCUT2D eigenvalue weighted by molar-refractivity contribution is 5.99. The Morgan fingerprint density at radius 2 is 1.90 bits per heavy atom. The summed E-state index contributed by atoms with van der Waals surface area (Å²) in [6.45, 7) is -2.82. The zero-order valence-corrected chi connectivity index (χ0v) is 9.70. The fourth-order valence-corrected chi connectivity index (χ4v) is 1.56. The van der Waals surface area contributed by atoms with Gasteiger partial charge < -0.3 is 4.74 Å². The van der Waals surface area contributed by atoms with E-state index in [4.69, 9.17) is 0 Å². The van der Waals surface area contributed by atoms with E-state index in [0.717, 1.165) is 0 Å². The second-order valence-corrected chi connectivity index (χ2v) is 3.52. The lowest BCUT2D eigenvalue weighted by molar-refractivity contribution is -0.388. The van der Waals surface area contributed by atoms with Gasteiger partial charge >= 0.3 is 12.8 Å². The highest BCUT2D eigenvalue weighted by Crippen LogP contribution is 2.42. The normalized spacial score (nSPS) is 11.6. The van der Waals surface area contributed by atoms with Crippen LogP contribution in [0, 0.1) is 10.1 Å². The highest BCUT2D eigenvalue weighted by Gasteiger charge is 2.43. The third kappa shape index (κ3) is 3.19. The Morgan fingerprint density at radius 3 is 2.25 bits per heavy atom. The first-order chi connectivity index (χ1) is 9.05. The maximum Gasteiger partial charge on any atom is 0.423 e. The lowest BCUT2D eigenvalue weighted by Crippen LogP contribution is -2.17.